The fourth-order valence-electron chi connectivity index (χ4n) is 2.59. The maximum atomic E-state index is 12.2. The van der Waals surface area contributed by atoms with E-state index >= 15 is 0 Å². The molecule has 2 aromatic heterocycles. The summed E-state index contributed by atoms with van der Waals surface area (Å²) < 4.78 is 1.97. The molecule has 0 atom stereocenters. The summed E-state index contributed by atoms with van der Waals surface area (Å²) in [5.74, 6) is -0.0705. The summed E-state index contributed by atoms with van der Waals surface area (Å²) in [5.41, 5.74) is 3.92. The van der Waals surface area contributed by atoms with Gasteiger partial charge in [-0.05, 0) is 44.5 Å². The minimum absolute atomic E-state index is 0.0705. The number of nitrogens with one attached hydrogen (secondary N) is 1. The van der Waals surface area contributed by atoms with Crippen LogP contribution in [-0.4, -0.2) is 32.4 Å². The van der Waals surface area contributed by atoms with Crippen LogP contribution in [0.15, 0.2) is 30.3 Å². The molecule has 130 valence electrons. The number of rotatable bonds is 6. The molecule has 0 saturated heterocycles. The Hall–Kier alpha value is -2.54. The summed E-state index contributed by atoms with van der Waals surface area (Å²) in [4.78, 5) is 12.2. The van der Waals surface area contributed by atoms with Crippen LogP contribution in [0.3, 0.4) is 0 Å². The zero-order valence-electron chi connectivity index (χ0n) is 14.6. The van der Waals surface area contributed by atoms with Crippen molar-refractivity contribution >= 4 is 17.2 Å². The van der Waals surface area contributed by atoms with Gasteiger partial charge in [-0.2, -0.15) is 5.10 Å². The first kappa shape index (κ1) is 17.3. The summed E-state index contributed by atoms with van der Waals surface area (Å²) in [6, 6.07) is 9.71. The quantitative estimate of drug-likeness (QED) is 0.738. The number of carbonyl (C=O) groups excluding carboxylic acids is 1. The molecule has 3 aromatic rings. The number of aromatic nitrogens is 4. The van der Waals surface area contributed by atoms with Crippen molar-refractivity contribution in [3.8, 4) is 0 Å². The lowest BCUT2D eigenvalue weighted by atomic mass is 10.1. The fourth-order valence-corrected chi connectivity index (χ4v) is 3.30. The molecule has 1 N–H and O–H groups in total. The number of hydrogen-bond acceptors (Lipinski definition) is 5. The molecule has 0 fully saturated rings. The van der Waals surface area contributed by atoms with Gasteiger partial charge in [-0.3, -0.25) is 9.48 Å². The zero-order chi connectivity index (χ0) is 17.8. The number of aryl methyl sites for hydroxylation is 3. The molecule has 0 aliphatic heterocycles. The lowest BCUT2D eigenvalue weighted by molar-refractivity contribution is 0.0954. The summed E-state index contributed by atoms with van der Waals surface area (Å²) in [6.07, 6.45) is 0.702. The molecule has 2 heterocycles. The van der Waals surface area contributed by atoms with Gasteiger partial charge in [0.05, 0.1) is 12.2 Å². The smallest absolute Gasteiger partial charge is 0.251 e. The molecule has 25 heavy (non-hydrogen) atoms. The van der Waals surface area contributed by atoms with Gasteiger partial charge in [0.1, 0.15) is 10.0 Å². The van der Waals surface area contributed by atoms with Gasteiger partial charge in [0, 0.05) is 24.2 Å². The van der Waals surface area contributed by atoms with Crippen LogP contribution in [0.1, 0.15) is 37.3 Å². The second-order valence-electron chi connectivity index (χ2n) is 6.00. The minimum Gasteiger partial charge on any atom is -0.352 e. The highest BCUT2D eigenvalue weighted by Gasteiger charge is 2.07. The van der Waals surface area contributed by atoms with E-state index in [1.165, 1.54) is 0 Å². The summed E-state index contributed by atoms with van der Waals surface area (Å²) in [5, 5.41) is 17.3. The van der Waals surface area contributed by atoms with Crippen LogP contribution in [0, 0.1) is 20.8 Å². The maximum Gasteiger partial charge on any atom is 0.251 e. The Morgan fingerprint density at radius 1 is 1.16 bits per heavy atom. The predicted molar refractivity (Wildman–Crippen MR) is 97.9 cm³/mol. The van der Waals surface area contributed by atoms with Crippen molar-refractivity contribution in [3.05, 3.63) is 62.9 Å². The summed E-state index contributed by atoms with van der Waals surface area (Å²) in [7, 11) is 0. The molecular formula is C18H21N5OS. The van der Waals surface area contributed by atoms with Crippen molar-refractivity contribution in [2.45, 2.75) is 33.7 Å². The van der Waals surface area contributed by atoms with Gasteiger partial charge in [-0.1, -0.05) is 12.1 Å². The Morgan fingerprint density at radius 2 is 1.92 bits per heavy atom. The van der Waals surface area contributed by atoms with Gasteiger partial charge in [0.25, 0.3) is 5.91 Å². The SMILES string of the molecule is Cc1cc(C)n(Cc2ccc(C(=O)NCCc3nnc(C)s3)cc2)n1. The molecule has 1 aromatic carbocycles. The Bertz CT molecular complexity index is 866. The molecule has 0 aliphatic carbocycles. The van der Waals surface area contributed by atoms with Crippen LogP contribution >= 0.6 is 11.3 Å². The van der Waals surface area contributed by atoms with Crippen LogP contribution in [-0.2, 0) is 13.0 Å². The van der Waals surface area contributed by atoms with E-state index < -0.39 is 0 Å². The van der Waals surface area contributed by atoms with Crippen LogP contribution in [0.2, 0.25) is 0 Å². The lowest BCUT2D eigenvalue weighted by Gasteiger charge is -2.07. The van der Waals surface area contributed by atoms with Gasteiger partial charge in [0.2, 0.25) is 0 Å². The first-order valence-electron chi connectivity index (χ1n) is 8.18. The molecular weight excluding hydrogens is 334 g/mol. The Kier molecular flexibility index (Phi) is 5.23. The van der Waals surface area contributed by atoms with Crippen LogP contribution in [0.4, 0.5) is 0 Å². The maximum absolute atomic E-state index is 12.2. The van der Waals surface area contributed by atoms with Crippen LogP contribution in [0.25, 0.3) is 0 Å². The molecule has 3 rings (SSSR count). The van der Waals surface area contributed by atoms with Crippen molar-refractivity contribution in [2.75, 3.05) is 6.54 Å². The Labute approximate surface area is 150 Å². The van der Waals surface area contributed by atoms with Crippen molar-refractivity contribution in [2.24, 2.45) is 0 Å². The minimum atomic E-state index is -0.0705. The number of carbonyl (C=O) groups is 1. The molecule has 0 aliphatic rings. The zero-order valence-corrected chi connectivity index (χ0v) is 15.4. The van der Waals surface area contributed by atoms with Gasteiger partial charge in [-0.25, -0.2) is 0 Å². The first-order chi connectivity index (χ1) is 12.0. The average molecular weight is 355 g/mol. The van der Waals surface area contributed by atoms with E-state index in [0.717, 1.165) is 27.0 Å². The van der Waals surface area contributed by atoms with E-state index in [-0.39, 0.29) is 5.91 Å². The lowest BCUT2D eigenvalue weighted by Crippen LogP contribution is -2.25. The third kappa shape index (κ3) is 4.51. The third-order valence-corrected chi connectivity index (χ3v) is 4.74. The van der Waals surface area contributed by atoms with Crippen molar-refractivity contribution in [3.63, 3.8) is 0 Å². The Balaban J connectivity index is 1.54. The number of hydrogen-bond donors (Lipinski definition) is 1. The highest BCUT2D eigenvalue weighted by atomic mass is 32.1. The summed E-state index contributed by atoms with van der Waals surface area (Å²) >= 11 is 1.56. The van der Waals surface area contributed by atoms with Crippen molar-refractivity contribution in [1.29, 1.82) is 0 Å². The number of amides is 1. The normalized spacial score (nSPS) is 10.8. The molecule has 0 unspecified atom stereocenters. The second-order valence-corrected chi connectivity index (χ2v) is 7.27. The fraction of sp³-hybridized carbons (Fsp3) is 0.333. The molecule has 0 radical (unpaired) electrons. The van der Waals surface area contributed by atoms with Gasteiger partial charge in [-0.15, -0.1) is 21.5 Å². The predicted octanol–water partition coefficient (Wildman–Crippen LogP) is 2.68. The second kappa shape index (κ2) is 7.57. The molecule has 0 spiro atoms. The highest BCUT2D eigenvalue weighted by Crippen LogP contribution is 2.10. The average Bonchev–Trinajstić information content (AvgIpc) is 3.13. The van der Waals surface area contributed by atoms with Gasteiger partial charge >= 0.3 is 0 Å². The topological polar surface area (TPSA) is 72.7 Å². The van der Waals surface area contributed by atoms with E-state index in [9.17, 15) is 4.79 Å². The standard InChI is InChI=1S/C18H21N5OS/c1-12-10-13(2)23(22-12)11-15-4-6-16(7-5-15)18(24)19-9-8-17-21-20-14(3)25-17/h4-7,10H,8-9,11H2,1-3H3,(H,19,24). The molecule has 6 nitrogen and oxygen atoms in total. The van der Waals surface area contributed by atoms with Gasteiger partial charge < -0.3 is 5.32 Å². The largest absolute Gasteiger partial charge is 0.352 e. The van der Waals surface area contributed by atoms with E-state index in [2.05, 4.69) is 26.7 Å². The molecule has 0 bridgehead atoms. The number of benzene rings is 1. The Morgan fingerprint density at radius 3 is 2.52 bits per heavy atom. The van der Waals surface area contributed by atoms with Crippen LogP contribution in [0.5, 0.6) is 0 Å². The summed E-state index contributed by atoms with van der Waals surface area (Å²) in [6.45, 7) is 7.22. The highest BCUT2D eigenvalue weighted by molar-refractivity contribution is 7.11. The van der Waals surface area contributed by atoms with E-state index in [4.69, 9.17) is 0 Å². The third-order valence-electron chi connectivity index (χ3n) is 3.84. The number of nitrogens with zero attached hydrogens (tertiary/aromatic N) is 4. The molecule has 0 saturated carbocycles. The first-order valence-corrected chi connectivity index (χ1v) is 9.00. The van der Waals surface area contributed by atoms with Crippen LogP contribution < -0.4 is 5.32 Å². The van der Waals surface area contributed by atoms with Gasteiger partial charge in [0.15, 0.2) is 0 Å². The van der Waals surface area contributed by atoms with E-state index in [1.54, 1.807) is 11.3 Å². The molecule has 1 amide bonds. The van der Waals surface area contributed by atoms with E-state index in [0.29, 0.717) is 25.1 Å². The molecule has 7 heteroatoms. The van der Waals surface area contributed by atoms with E-state index in [1.807, 2.05) is 49.7 Å². The van der Waals surface area contributed by atoms with Crippen molar-refractivity contribution < 1.29 is 4.79 Å². The van der Waals surface area contributed by atoms with Crippen molar-refractivity contribution in [1.82, 2.24) is 25.3 Å². The monoisotopic (exact) mass is 355 g/mol.